The quantitative estimate of drug-likeness (QED) is 0.826. The largest absolute Gasteiger partial charge is 0.360 e. The molecule has 0 amide bonds. The summed E-state index contributed by atoms with van der Waals surface area (Å²) < 4.78 is 0. The van der Waals surface area contributed by atoms with Gasteiger partial charge in [0.1, 0.15) is 0 Å². The maximum absolute atomic E-state index is 5.39. The molecule has 1 aliphatic rings. The highest BCUT2D eigenvalue weighted by molar-refractivity contribution is 7.80. The van der Waals surface area contributed by atoms with Crippen LogP contribution in [0.25, 0.3) is 0 Å². The number of nitrogens with one attached hydrogen (secondary N) is 2. The zero-order valence-corrected chi connectivity index (χ0v) is 12.7. The highest BCUT2D eigenvalue weighted by Gasteiger charge is 2.21. The van der Waals surface area contributed by atoms with Gasteiger partial charge in [-0.15, -0.1) is 0 Å². The van der Waals surface area contributed by atoms with Crippen LogP contribution in [-0.4, -0.2) is 11.2 Å². The molecule has 104 valence electrons. The van der Waals surface area contributed by atoms with Crippen LogP contribution in [0.2, 0.25) is 0 Å². The summed E-state index contributed by atoms with van der Waals surface area (Å²) >= 11 is 5.39. The predicted octanol–water partition coefficient (Wildman–Crippen LogP) is 3.54. The van der Waals surface area contributed by atoms with Crippen LogP contribution in [0.5, 0.6) is 0 Å². The Kier molecular flexibility index (Phi) is 5.20. The number of hydrogen-bond acceptors (Lipinski definition) is 1. The molecule has 2 N–H and O–H groups in total. The lowest BCUT2D eigenvalue weighted by atomic mass is 9.86. The summed E-state index contributed by atoms with van der Waals surface area (Å²) in [4.78, 5) is 0. The average Bonchev–Trinajstić information content (AvgIpc) is 2.41. The van der Waals surface area contributed by atoms with Crippen molar-refractivity contribution in [3.8, 4) is 0 Å². The first kappa shape index (κ1) is 14.3. The highest BCUT2D eigenvalue weighted by atomic mass is 32.1. The maximum Gasteiger partial charge on any atom is 0.166 e. The zero-order chi connectivity index (χ0) is 13.7. The molecular weight excluding hydrogens is 252 g/mol. The van der Waals surface area contributed by atoms with Gasteiger partial charge in [-0.05, 0) is 43.5 Å². The van der Waals surface area contributed by atoms with Gasteiger partial charge in [0.05, 0.1) is 0 Å². The van der Waals surface area contributed by atoms with E-state index in [4.69, 9.17) is 12.2 Å². The van der Waals surface area contributed by atoms with E-state index in [2.05, 4.69) is 48.7 Å². The van der Waals surface area contributed by atoms with Crippen molar-refractivity contribution in [1.29, 1.82) is 0 Å². The molecule has 2 nitrogen and oxygen atoms in total. The summed E-state index contributed by atoms with van der Waals surface area (Å²) in [7, 11) is 0. The van der Waals surface area contributed by atoms with Gasteiger partial charge in [0.25, 0.3) is 0 Å². The van der Waals surface area contributed by atoms with E-state index in [-0.39, 0.29) is 0 Å². The monoisotopic (exact) mass is 276 g/mol. The molecule has 0 radical (unpaired) electrons. The van der Waals surface area contributed by atoms with Crippen molar-refractivity contribution < 1.29 is 0 Å². The van der Waals surface area contributed by atoms with Crippen LogP contribution in [0.15, 0.2) is 24.3 Å². The van der Waals surface area contributed by atoms with Crippen LogP contribution in [-0.2, 0) is 6.54 Å². The van der Waals surface area contributed by atoms with Crippen LogP contribution in [0.4, 0.5) is 0 Å². The molecule has 0 bridgehead atoms. The zero-order valence-electron chi connectivity index (χ0n) is 11.9. The van der Waals surface area contributed by atoms with E-state index < -0.39 is 0 Å². The van der Waals surface area contributed by atoms with Crippen molar-refractivity contribution in [1.82, 2.24) is 10.6 Å². The standard InChI is InChI=1S/C16H24N2S/c1-12-7-9-14(10-8-12)11-17-16(19)18-15-6-4-3-5-13(15)2/h7-10,13,15H,3-6,11H2,1-2H3,(H2,17,18,19)/t13-,15+/m0/s1. The summed E-state index contributed by atoms with van der Waals surface area (Å²) in [6.07, 6.45) is 5.25. The van der Waals surface area contributed by atoms with Crippen LogP contribution >= 0.6 is 12.2 Å². The molecule has 0 saturated heterocycles. The number of hydrogen-bond donors (Lipinski definition) is 2. The van der Waals surface area contributed by atoms with E-state index >= 15 is 0 Å². The molecule has 2 rings (SSSR count). The molecule has 19 heavy (non-hydrogen) atoms. The van der Waals surface area contributed by atoms with Gasteiger partial charge < -0.3 is 10.6 Å². The Morgan fingerprint density at radius 2 is 1.89 bits per heavy atom. The maximum atomic E-state index is 5.39. The van der Waals surface area contributed by atoms with Crippen molar-refractivity contribution in [3.05, 3.63) is 35.4 Å². The van der Waals surface area contributed by atoms with E-state index in [0.29, 0.717) is 6.04 Å². The Morgan fingerprint density at radius 1 is 1.21 bits per heavy atom. The van der Waals surface area contributed by atoms with Crippen LogP contribution in [0, 0.1) is 12.8 Å². The SMILES string of the molecule is Cc1ccc(CNC(=S)N[C@@H]2CCCC[C@@H]2C)cc1. The topological polar surface area (TPSA) is 24.1 Å². The molecule has 0 unspecified atom stereocenters. The third kappa shape index (κ3) is 4.50. The van der Waals surface area contributed by atoms with E-state index in [1.54, 1.807) is 0 Å². The Labute approximate surface area is 122 Å². The molecule has 0 aliphatic heterocycles. The molecule has 2 atom stereocenters. The molecule has 0 aromatic heterocycles. The molecule has 0 spiro atoms. The lowest BCUT2D eigenvalue weighted by molar-refractivity contribution is 0.308. The third-order valence-corrected chi connectivity index (χ3v) is 4.26. The van der Waals surface area contributed by atoms with Crippen molar-refractivity contribution in [2.45, 2.75) is 52.1 Å². The average molecular weight is 276 g/mol. The van der Waals surface area contributed by atoms with Gasteiger partial charge in [-0.25, -0.2) is 0 Å². The fraction of sp³-hybridized carbons (Fsp3) is 0.562. The lowest BCUT2D eigenvalue weighted by Crippen LogP contribution is -2.45. The first-order valence-corrected chi connectivity index (χ1v) is 7.66. The van der Waals surface area contributed by atoms with E-state index in [1.807, 2.05) is 0 Å². The third-order valence-electron chi connectivity index (χ3n) is 4.00. The normalized spacial score (nSPS) is 22.8. The fourth-order valence-corrected chi connectivity index (χ4v) is 2.86. The van der Waals surface area contributed by atoms with E-state index in [9.17, 15) is 0 Å². The second-order valence-corrected chi connectivity index (χ2v) is 6.09. The molecule has 1 saturated carbocycles. The Morgan fingerprint density at radius 3 is 2.58 bits per heavy atom. The Balaban J connectivity index is 1.76. The van der Waals surface area contributed by atoms with Gasteiger partial charge in [0, 0.05) is 12.6 Å². The highest BCUT2D eigenvalue weighted by Crippen LogP contribution is 2.23. The first-order valence-electron chi connectivity index (χ1n) is 7.25. The van der Waals surface area contributed by atoms with Crippen LogP contribution in [0.3, 0.4) is 0 Å². The van der Waals surface area contributed by atoms with E-state index in [0.717, 1.165) is 17.6 Å². The van der Waals surface area contributed by atoms with Crippen molar-refractivity contribution in [2.24, 2.45) is 5.92 Å². The molecule has 1 aromatic carbocycles. The summed E-state index contributed by atoms with van der Waals surface area (Å²) in [6.45, 7) is 5.22. The van der Waals surface area contributed by atoms with Crippen molar-refractivity contribution in [3.63, 3.8) is 0 Å². The second-order valence-electron chi connectivity index (χ2n) is 5.68. The van der Waals surface area contributed by atoms with Crippen LogP contribution in [0.1, 0.15) is 43.7 Å². The minimum atomic E-state index is 0.548. The molecule has 1 fully saturated rings. The second kappa shape index (κ2) is 6.90. The number of aryl methyl sites for hydroxylation is 1. The number of thiocarbonyl (C=S) groups is 1. The summed E-state index contributed by atoms with van der Waals surface area (Å²) in [5.74, 6) is 0.730. The van der Waals surface area contributed by atoms with Crippen molar-refractivity contribution >= 4 is 17.3 Å². The number of benzene rings is 1. The molecule has 3 heteroatoms. The first-order chi connectivity index (χ1) is 9.15. The minimum Gasteiger partial charge on any atom is -0.360 e. The summed E-state index contributed by atoms with van der Waals surface area (Å²) in [6, 6.07) is 9.11. The van der Waals surface area contributed by atoms with Gasteiger partial charge in [-0.3, -0.25) is 0 Å². The van der Waals surface area contributed by atoms with Crippen LogP contribution < -0.4 is 10.6 Å². The predicted molar refractivity (Wildman–Crippen MR) is 85.2 cm³/mol. The smallest absolute Gasteiger partial charge is 0.166 e. The molecule has 1 aromatic rings. The fourth-order valence-electron chi connectivity index (χ4n) is 2.64. The van der Waals surface area contributed by atoms with Gasteiger partial charge in [-0.2, -0.15) is 0 Å². The minimum absolute atomic E-state index is 0.548. The molecule has 1 aliphatic carbocycles. The Bertz CT molecular complexity index is 413. The van der Waals surface area contributed by atoms with Gasteiger partial charge in [0.15, 0.2) is 5.11 Å². The lowest BCUT2D eigenvalue weighted by Gasteiger charge is -2.30. The number of rotatable bonds is 3. The summed E-state index contributed by atoms with van der Waals surface area (Å²) in [5, 5.41) is 7.57. The van der Waals surface area contributed by atoms with Gasteiger partial charge in [0.2, 0.25) is 0 Å². The van der Waals surface area contributed by atoms with Gasteiger partial charge >= 0.3 is 0 Å². The Hall–Kier alpha value is -1.09. The summed E-state index contributed by atoms with van der Waals surface area (Å²) in [5.41, 5.74) is 2.56. The molecule has 0 heterocycles. The van der Waals surface area contributed by atoms with Crippen molar-refractivity contribution in [2.75, 3.05) is 0 Å². The molecular formula is C16H24N2S. The van der Waals surface area contributed by atoms with E-state index in [1.165, 1.54) is 36.8 Å². The van der Waals surface area contributed by atoms with Gasteiger partial charge in [-0.1, -0.05) is 49.6 Å².